The van der Waals surface area contributed by atoms with Crippen LogP contribution in [0, 0.1) is 13.8 Å². The number of aromatic nitrogens is 1. The van der Waals surface area contributed by atoms with Crippen LogP contribution in [0.3, 0.4) is 0 Å². The lowest BCUT2D eigenvalue weighted by atomic mass is 10.1. The lowest BCUT2D eigenvalue weighted by Crippen LogP contribution is -1.99. The van der Waals surface area contributed by atoms with Gasteiger partial charge in [-0.2, -0.15) is 0 Å². The number of rotatable bonds is 5. The minimum atomic E-state index is -3.15. The molecule has 4 nitrogen and oxygen atoms in total. The lowest BCUT2D eigenvalue weighted by Gasteiger charge is -2.12. The summed E-state index contributed by atoms with van der Waals surface area (Å²) in [6, 6.07) is 6.91. The first-order chi connectivity index (χ1) is 10.3. The van der Waals surface area contributed by atoms with Gasteiger partial charge >= 0.3 is 0 Å². The zero-order valence-electron chi connectivity index (χ0n) is 13.1. The van der Waals surface area contributed by atoms with E-state index in [0.29, 0.717) is 10.6 Å². The third-order valence-electron chi connectivity index (χ3n) is 3.38. The van der Waals surface area contributed by atoms with Crippen LogP contribution in [0.2, 0.25) is 0 Å². The first kappa shape index (κ1) is 16.8. The molecule has 2 rings (SSSR count). The zero-order valence-corrected chi connectivity index (χ0v) is 14.7. The summed E-state index contributed by atoms with van der Waals surface area (Å²) in [6.07, 6.45) is 3.02. The fraction of sp³-hybridized carbons (Fsp3) is 0.312. The van der Waals surface area contributed by atoms with Crippen molar-refractivity contribution >= 4 is 21.6 Å². The molecule has 1 heterocycles. The van der Waals surface area contributed by atoms with Crippen LogP contribution in [0.25, 0.3) is 0 Å². The van der Waals surface area contributed by atoms with E-state index in [9.17, 15) is 8.42 Å². The van der Waals surface area contributed by atoms with Gasteiger partial charge in [0.05, 0.1) is 17.7 Å². The number of ether oxygens (including phenoxy) is 1. The Labute approximate surface area is 135 Å². The Balaban J connectivity index is 2.14. The maximum Gasteiger partial charge on any atom is 0.175 e. The van der Waals surface area contributed by atoms with Crippen LogP contribution in [0.15, 0.2) is 40.3 Å². The Hall–Kier alpha value is -1.53. The molecule has 0 saturated carbocycles. The number of pyridine rings is 1. The number of hydrogen-bond acceptors (Lipinski definition) is 5. The molecular weight excluding hydrogens is 318 g/mol. The smallest absolute Gasteiger partial charge is 0.175 e. The van der Waals surface area contributed by atoms with Crippen molar-refractivity contribution in [2.75, 3.05) is 13.4 Å². The third kappa shape index (κ3) is 3.81. The van der Waals surface area contributed by atoms with E-state index >= 15 is 0 Å². The molecule has 0 fully saturated rings. The molecule has 0 aliphatic heterocycles. The van der Waals surface area contributed by atoms with Gasteiger partial charge in [-0.05, 0) is 38.1 Å². The van der Waals surface area contributed by atoms with Gasteiger partial charge in [-0.15, -0.1) is 11.8 Å². The molecule has 0 saturated heterocycles. The predicted molar refractivity (Wildman–Crippen MR) is 89.4 cm³/mol. The second-order valence-corrected chi connectivity index (χ2v) is 8.14. The van der Waals surface area contributed by atoms with E-state index in [4.69, 9.17) is 4.74 Å². The van der Waals surface area contributed by atoms with Crippen LogP contribution < -0.4 is 4.74 Å². The second-order valence-electron chi connectivity index (χ2n) is 5.08. The Bertz CT molecular complexity index is 769. The summed E-state index contributed by atoms with van der Waals surface area (Å²) in [7, 11) is -1.48. The van der Waals surface area contributed by atoms with Crippen LogP contribution in [0.4, 0.5) is 0 Å². The molecule has 0 unspecified atom stereocenters. The number of aryl methyl sites for hydroxylation is 1. The van der Waals surface area contributed by atoms with Gasteiger partial charge in [0.1, 0.15) is 5.75 Å². The van der Waals surface area contributed by atoms with Gasteiger partial charge < -0.3 is 4.74 Å². The van der Waals surface area contributed by atoms with Gasteiger partial charge in [0.25, 0.3) is 0 Å². The third-order valence-corrected chi connectivity index (χ3v) is 5.53. The molecule has 1 aromatic carbocycles. The fourth-order valence-electron chi connectivity index (χ4n) is 2.15. The van der Waals surface area contributed by atoms with Crippen molar-refractivity contribution in [2.24, 2.45) is 0 Å². The summed E-state index contributed by atoms with van der Waals surface area (Å²) in [5.41, 5.74) is 3.04. The minimum absolute atomic E-state index is 0.336. The molecule has 0 aliphatic rings. The maximum absolute atomic E-state index is 11.4. The van der Waals surface area contributed by atoms with E-state index in [2.05, 4.69) is 4.98 Å². The van der Waals surface area contributed by atoms with Gasteiger partial charge in [-0.1, -0.05) is 0 Å². The summed E-state index contributed by atoms with van der Waals surface area (Å²) in [5, 5.41) is 0. The summed E-state index contributed by atoms with van der Waals surface area (Å²) in [5.74, 6) is 1.58. The Morgan fingerprint density at radius 1 is 1.18 bits per heavy atom. The molecule has 2 aromatic rings. The van der Waals surface area contributed by atoms with Crippen molar-refractivity contribution < 1.29 is 13.2 Å². The Morgan fingerprint density at radius 3 is 2.36 bits per heavy atom. The van der Waals surface area contributed by atoms with E-state index in [1.54, 1.807) is 31.0 Å². The topological polar surface area (TPSA) is 56.3 Å². The Morgan fingerprint density at radius 2 is 1.82 bits per heavy atom. The van der Waals surface area contributed by atoms with E-state index in [1.807, 2.05) is 32.2 Å². The quantitative estimate of drug-likeness (QED) is 0.783. The van der Waals surface area contributed by atoms with Gasteiger partial charge in [-0.25, -0.2) is 8.42 Å². The van der Waals surface area contributed by atoms with E-state index in [0.717, 1.165) is 27.5 Å². The summed E-state index contributed by atoms with van der Waals surface area (Å²) < 4.78 is 28.3. The molecule has 0 amide bonds. The first-order valence-corrected chi connectivity index (χ1v) is 9.62. The second kappa shape index (κ2) is 6.71. The molecule has 0 radical (unpaired) electrons. The van der Waals surface area contributed by atoms with Crippen LogP contribution in [0.1, 0.15) is 16.8 Å². The molecule has 0 spiro atoms. The van der Waals surface area contributed by atoms with Crippen LogP contribution in [0.5, 0.6) is 5.75 Å². The number of hydrogen-bond donors (Lipinski definition) is 0. The van der Waals surface area contributed by atoms with Crippen LogP contribution >= 0.6 is 11.8 Å². The lowest BCUT2D eigenvalue weighted by molar-refractivity contribution is 0.407. The van der Waals surface area contributed by atoms with Crippen LogP contribution in [-0.2, 0) is 15.6 Å². The standard InChI is InChI=1S/C16H19NO3S2/c1-11-9-17-15(12(2)16(11)20-3)10-21-13-5-7-14(8-6-13)22(4,18)19/h5-9H,10H2,1-4H3. The van der Waals surface area contributed by atoms with E-state index < -0.39 is 9.84 Å². The van der Waals surface area contributed by atoms with Crippen molar-refractivity contribution in [3.8, 4) is 5.75 Å². The molecule has 22 heavy (non-hydrogen) atoms. The van der Waals surface area contributed by atoms with Crippen molar-refractivity contribution in [1.82, 2.24) is 4.98 Å². The molecule has 0 N–H and O–H groups in total. The number of thioether (sulfide) groups is 1. The van der Waals surface area contributed by atoms with Gasteiger partial charge in [-0.3, -0.25) is 4.98 Å². The largest absolute Gasteiger partial charge is 0.496 e. The minimum Gasteiger partial charge on any atom is -0.496 e. The average molecular weight is 337 g/mol. The van der Waals surface area contributed by atoms with Gasteiger partial charge in [0, 0.05) is 34.2 Å². The number of benzene rings is 1. The van der Waals surface area contributed by atoms with Crippen molar-refractivity contribution in [2.45, 2.75) is 29.4 Å². The fourth-order valence-corrected chi connectivity index (χ4v) is 3.70. The monoisotopic (exact) mass is 337 g/mol. The van der Waals surface area contributed by atoms with Crippen molar-refractivity contribution in [3.63, 3.8) is 0 Å². The molecule has 0 aliphatic carbocycles. The van der Waals surface area contributed by atoms with E-state index in [-0.39, 0.29) is 0 Å². The van der Waals surface area contributed by atoms with Gasteiger partial charge in [0.2, 0.25) is 0 Å². The SMILES string of the molecule is COc1c(C)cnc(CSc2ccc(S(C)(=O)=O)cc2)c1C. The zero-order chi connectivity index (χ0) is 16.3. The molecular formula is C16H19NO3S2. The predicted octanol–water partition coefficient (Wildman–Crippen LogP) is 3.40. The number of sulfone groups is 1. The van der Waals surface area contributed by atoms with E-state index in [1.165, 1.54) is 6.26 Å². The normalized spacial score (nSPS) is 11.5. The van der Waals surface area contributed by atoms with Crippen molar-refractivity contribution in [3.05, 3.63) is 47.3 Å². The Kier molecular flexibility index (Phi) is 5.13. The van der Waals surface area contributed by atoms with Crippen LogP contribution in [-0.4, -0.2) is 26.8 Å². The average Bonchev–Trinajstić information content (AvgIpc) is 2.46. The summed E-state index contributed by atoms with van der Waals surface area (Å²) in [4.78, 5) is 5.81. The molecule has 6 heteroatoms. The summed E-state index contributed by atoms with van der Waals surface area (Å²) >= 11 is 1.62. The molecule has 118 valence electrons. The maximum atomic E-state index is 11.4. The highest BCUT2D eigenvalue weighted by Crippen LogP contribution is 2.29. The molecule has 0 bridgehead atoms. The van der Waals surface area contributed by atoms with Crippen molar-refractivity contribution in [1.29, 1.82) is 0 Å². The highest BCUT2D eigenvalue weighted by molar-refractivity contribution is 7.98. The molecule has 0 atom stereocenters. The summed E-state index contributed by atoms with van der Waals surface area (Å²) in [6.45, 7) is 3.97. The number of methoxy groups -OCH3 is 1. The highest BCUT2D eigenvalue weighted by atomic mass is 32.2. The highest BCUT2D eigenvalue weighted by Gasteiger charge is 2.10. The first-order valence-electron chi connectivity index (χ1n) is 6.75. The van der Waals surface area contributed by atoms with Gasteiger partial charge in [0.15, 0.2) is 9.84 Å². The molecule has 1 aromatic heterocycles. The number of nitrogens with zero attached hydrogens (tertiary/aromatic N) is 1.